The van der Waals surface area contributed by atoms with Crippen LogP contribution >= 0.6 is 0 Å². The second kappa shape index (κ2) is 8.67. The molecule has 3 atom stereocenters. The molecule has 0 bridgehead atoms. The second-order valence-corrected chi connectivity index (χ2v) is 8.43. The summed E-state index contributed by atoms with van der Waals surface area (Å²) in [7, 11) is 1.65. The smallest absolute Gasteiger partial charge is 0.255 e. The van der Waals surface area contributed by atoms with Gasteiger partial charge >= 0.3 is 0 Å². The Balaban J connectivity index is 1.38. The van der Waals surface area contributed by atoms with Gasteiger partial charge in [-0.1, -0.05) is 36.4 Å². The molecule has 33 heavy (non-hydrogen) atoms. The summed E-state index contributed by atoms with van der Waals surface area (Å²) in [5.74, 6) is 0.427. The molecule has 3 heterocycles. The molecule has 0 aliphatic carbocycles. The van der Waals surface area contributed by atoms with Gasteiger partial charge < -0.3 is 19.6 Å². The average Bonchev–Trinajstić information content (AvgIpc) is 2.85. The first-order valence-electron chi connectivity index (χ1n) is 11.0. The van der Waals surface area contributed by atoms with Gasteiger partial charge in [-0.05, 0) is 41.0 Å². The Morgan fingerprint density at radius 3 is 2.64 bits per heavy atom. The zero-order valence-corrected chi connectivity index (χ0v) is 18.3. The summed E-state index contributed by atoms with van der Waals surface area (Å²) in [6.45, 7) is 0.335. The molecule has 5 rings (SSSR count). The van der Waals surface area contributed by atoms with Crippen molar-refractivity contribution in [1.29, 1.82) is 0 Å². The number of pyridine rings is 1. The van der Waals surface area contributed by atoms with Gasteiger partial charge in [0.05, 0.1) is 31.4 Å². The van der Waals surface area contributed by atoms with Crippen molar-refractivity contribution in [3.8, 4) is 16.9 Å². The number of carbonyl (C=O) groups excluding carboxylic acids is 2. The molecule has 1 aromatic heterocycles. The monoisotopic (exact) mass is 443 g/mol. The number of amides is 2. The van der Waals surface area contributed by atoms with Crippen LogP contribution in [0.4, 0.5) is 0 Å². The van der Waals surface area contributed by atoms with Crippen LogP contribution in [0.2, 0.25) is 0 Å². The summed E-state index contributed by atoms with van der Waals surface area (Å²) in [6.07, 6.45) is 3.13. The molecule has 2 amide bonds. The molecule has 3 aromatic rings. The predicted molar refractivity (Wildman–Crippen MR) is 123 cm³/mol. The average molecular weight is 444 g/mol. The molecule has 2 saturated heterocycles. The Morgan fingerprint density at radius 1 is 1.12 bits per heavy atom. The molecule has 7 heteroatoms. The zero-order valence-electron chi connectivity index (χ0n) is 18.3. The number of hydrogen-bond donors (Lipinski definition) is 1. The van der Waals surface area contributed by atoms with Gasteiger partial charge in [-0.3, -0.25) is 14.6 Å². The maximum absolute atomic E-state index is 12.9. The SMILES string of the molecule is COc1cccc(-c2ccc([C@H]3[C@@H](CO)N4C(=O)CN(C(=O)c5cccnc5)C[C@H]34)cc2)c1. The number of nitrogens with zero attached hydrogens (tertiary/aromatic N) is 3. The van der Waals surface area contributed by atoms with Gasteiger partial charge in [0.2, 0.25) is 5.91 Å². The first-order valence-corrected chi connectivity index (χ1v) is 11.0. The molecular formula is C26H25N3O4. The number of hydrogen-bond acceptors (Lipinski definition) is 5. The third kappa shape index (κ3) is 3.74. The van der Waals surface area contributed by atoms with E-state index in [1.54, 1.807) is 35.2 Å². The summed E-state index contributed by atoms with van der Waals surface area (Å²) in [5, 5.41) is 10.0. The van der Waals surface area contributed by atoms with E-state index in [2.05, 4.69) is 4.98 Å². The lowest BCUT2D eigenvalue weighted by atomic mass is 9.73. The van der Waals surface area contributed by atoms with Crippen LogP contribution in [0.3, 0.4) is 0 Å². The molecule has 0 unspecified atom stereocenters. The summed E-state index contributed by atoms with van der Waals surface area (Å²) >= 11 is 0. The molecule has 0 spiro atoms. The zero-order chi connectivity index (χ0) is 22.9. The summed E-state index contributed by atoms with van der Waals surface area (Å²) < 4.78 is 5.32. The van der Waals surface area contributed by atoms with Crippen LogP contribution in [-0.4, -0.2) is 70.6 Å². The Bertz CT molecular complexity index is 1170. The van der Waals surface area contributed by atoms with Gasteiger partial charge in [0, 0.05) is 24.9 Å². The lowest BCUT2D eigenvalue weighted by Gasteiger charge is -2.58. The van der Waals surface area contributed by atoms with Gasteiger partial charge in [0.15, 0.2) is 0 Å². The maximum atomic E-state index is 12.9. The van der Waals surface area contributed by atoms with Crippen molar-refractivity contribution in [2.45, 2.75) is 18.0 Å². The number of methoxy groups -OCH3 is 1. The molecule has 2 aromatic carbocycles. The van der Waals surface area contributed by atoms with Crippen molar-refractivity contribution in [3.05, 3.63) is 84.2 Å². The van der Waals surface area contributed by atoms with Crippen molar-refractivity contribution in [2.75, 3.05) is 26.8 Å². The molecule has 2 fully saturated rings. The highest BCUT2D eigenvalue weighted by molar-refractivity contribution is 5.97. The maximum Gasteiger partial charge on any atom is 0.255 e. The third-order valence-corrected chi connectivity index (χ3v) is 6.65. The summed E-state index contributed by atoms with van der Waals surface area (Å²) in [5.41, 5.74) is 3.62. The van der Waals surface area contributed by atoms with Crippen molar-refractivity contribution in [2.24, 2.45) is 0 Å². The number of aliphatic hydroxyl groups is 1. The molecule has 2 aliphatic rings. The van der Waals surface area contributed by atoms with E-state index in [-0.39, 0.29) is 43.0 Å². The summed E-state index contributed by atoms with van der Waals surface area (Å²) in [6, 6.07) is 19.0. The van der Waals surface area contributed by atoms with E-state index in [1.807, 2.05) is 48.5 Å². The third-order valence-electron chi connectivity index (χ3n) is 6.65. The number of carbonyl (C=O) groups is 2. The highest BCUT2D eigenvalue weighted by Gasteiger charge is 2.54. The van der Waals surface area contributed by atoms with Gasteiger partial charge in [0.1, 0.15) is 12.3 Å². The Morgan fingerprint density at radius 2 is 1.94 bits per heavy atom. The normalized spacial score (nSPS) is 21.9. The number of benzene rings is 2. The van der Waals surface area contributed by atoms with E-state index in [0.29, 0.717) is 12.1 Å². The minimum atomic E-state index is -0.277. The van der Waals surface area contributed by atoms with Crippen molar-refractivity contribution in [3.63, 3.8) is 0 Å². The van der Waals surface area contributed by atoms with Crippen LogP contribution < -0.4 is 4.74 Å². The van der Waals surface area contributed by atoms with E-state index >= 15 is 0 Å². The van der Waals surface area contributed by atoms with Crippen LogP contribution in [0.1, 0.15) is 21.8 Å². The molecule has 0 radical (unpaired) electrons. The largest absolute Gasteiger partial charge is 0.497 e. The number of piperazine rings is 1. The number of ether oxygens (including phenoxy) is 1. The van der Waals surface area contributed by atoms with E-state index in [1.165, 1.54) is 6.20 Å². The van der Waals surface area contributed by atoms with E-state index in [0.717, 1.165) is 22.4 Å². The molecule has 7 nitrogen and oxygen atoms in total. The minimum Gasteiger partial charge on any atom is -0.497 e. The first kappa shape index (κ1) is 21.2. The Hall–Kier alpha value is -3.71. The van der Waals surface area contributed by atoms with Crippen molar-refractivity contribution in [1.82, 2.24) is 14.8 Å². The number of fused-ring (bicyclic) bond motifs is 1. The van der Waals surface area contributed by atoms with E-state index in [4.69, 9.17) is 4.74 Å². The molecule has 2 aliphatic heterocycles. The fraction of sp³-hybridized carbons (Fsp3) is 0.269. The van der Waals surface area contributed by atoms with Crippen LogP contribution in [0.25, 0.3) is 11.1 Å². The number of aliphatic hydroxyl groups excluding tert-OH is 1. The Labute approximate surface area is 192 Å². The van der Waals surface area contributed by atoms with Crippen LogP contribution in [0, 0.1) is 0 Å². The fourth-order valence-electron chi connectivity index (χ4n) is 5.03. The van der Waals surface area contributed by atoms with Gasteiger partial charge in [-0.2, -0.15) is 0 Å². The van der Waals surface area contributed by atoms with E-state index < -0.39 is 0 Å². The Kier molecular flexibility index (Phi) is 5.56. The van der Waals surface area contributed by atoms with Crippen molar-refractivity contribution >= 4 is 11.8 Å². The van der Waals surface area contributed by atoms with Crippen molar-refractivity contribution < 1.29 is 19.4 Å². The highest BCUT2D eigenvalue weighted by Crippen LogP contribution is 2.43. The van der Waals surface area contributed by atoms with Crippen LogP contribution in [-0.2, 0) is 4.79 Å². The standard InChI is InChI=1S/C26H25N3O4/c1-33-21-6-2-4-19(12-21)17-7-9-18(10-8-17)25-22-14-28(15-24(31)29(22)23(25)16-30)26(32)20-5-3-11-27-13-20/h2-13,22-23,25,30H,14-16H2,1H3/t22-,23-,25-/m1/s1. The lowest BCUT2D eigenvalue weighted by Crippen LogP contribution is -2.73. The minimum absolute atomic E-state index is 0.0161. The molecule has 168 valence electrons. The molecular weight excluding hydrogens is 418 g/mol. The topological polar surface area (TPSA) is 83.0 Å². The second-order valence-electron chi connectivity index (χ2n) is 8.43. The van der Waals surface area contributed by atoms with Gasteiger partial charge in [-0.15, -0.1) is 0 Å². The van der Waals surface area contributed by atoms with Crippen LogP contribution in [0.15, 0.2) is 73.1 Å². The number of rotatable bonds is 5. The molecule has 0 saturated carbocycles. The summed E-state index contributed by atoms with van der Waals surface area (Å²) in [4.78, 5) is 33.1. The fourth-order valence-corrected chi connectivity index (χ4v) is 5.03. The number of aromatic nitrogens is 1. The molecule has 1 N–H and O–H groups in total. The predicted octanol–water partition coefficient (Wildman–Crippen LogP) is 2.57. The first-order chi connectivity index (χ1) is 16.1. The quantitative estimate of drug-likeness (QED) is 0.655. The van der Waals surface area contributed by atoms with E-state index in [9.17, 15) is 14.7 Å². The van der Waals surface area contributed by atoms with Crippen LogP contribution in [0.5, 0.6) is 5.75 Å². The van der Waals surface area contributed by atoms with Gasteiger partial charge in [-0.25, -0.2) is 0 Å². The lowest BCUT2D eigenvalue weighted by molar-refractivity contribution is -0.159. The highest BCUT2D eigenvalue weighted by atomic mass is 16.5. The van der Waals surface area contributed by atoms with Gasteiger partial charge in [0.25, 0.3) is 5.91 Å².